The molecular weight excluding hydrogens is 694 g/mol. The normalized spacial score (nSPS) is 24.1. The van der Waals surface area contributed by atoms with E-state index in [1.807, 2.05) is 30.6 Å². The summed E-state index contributed by atoms with van der Waals surface area (Å²) in [6, 6.07) is 5.13. The number of anilines is 1. The summed E-state index contributed by atoms with van der Waals surface area (Å²) in [5.41, 5.74) is -0.972. The predicted octanol–water partition coefficient (Wildman–Crippen LogP) is 6.52. The number of hydrogen-bond donors (Lipinski definition) is 1. The number of terminal acetylenes is 1. The van der Waals surface area contributed by atoms with Gasteiger partial charge in [0.15, 0.2) is 5.82 Å². The number of piperazine rings is 1. The lowest BCUT2D eigenvalue weighted by Gasteiger charge is -2.42. The first-order valence-electron chi connectivity index (χ1n) is 18.8. The third-order valence-corrected chi connectivity index (χ3v) is 11.8. The van der Waals surface area contributed by atoms with Crippen LogP contribution in [0.2, 0.25) is 0 Å². The number of aromatic hydroxyl groups is 1. The number of carbonyl (C=O) groups excluding carboxylic acids is 1. The molecule has 1 N–H and O–H groups in total. The number of benzene rings is 2. The van der Waals surface area contributed by atoms with Crippen LogP contribution in [0.5, 0.6) is 17.6 Å². The number of carbonyl (C=O) groups is 1. The minimum Gasteiger partial charge on any atom is -0.508 e. The van der Waals surface area contributed by atoms with Crippen molar-refractivity contribution in [1.29, 1.82) is 0 Å². The molecule has 2 aliphatic carbocycles. The number of methoxy groups -OCH3 is 1. The van der Waals surface area contributed by atoms with Gasteiger partial charge in [-0.2, -0.15) is 9.97 Å². The zero-order chi connectivity index (χ0) is 37.7. The number of phenolic OH excluding ortho intramolecular Hbond substituents is 1. The topological polar surface area (TPSA) is 113 Å². The highest BCUT2D eigenvalue weighted by atomic mass is 19.1. The highest BCUT2D eigenvalue weighted by Gasteiger charge is 2.51. The molecule has 4 unspecified atom stereocenters. The SMILES string of the molecule is C#Cc1c(F)ccc2cc(O)cc(-c3nc(OC)c4c(N5CC6CCC(C5)N6C(=O)OC(C)(C)C)nc(OCC5(CN6CC7CC7C6)CC5)nc4c3F)c12. The Balaban J connectivity index is 1.15. The van der Waals surface area contributed by atoms with Crippen molar-refractivity contribution in [3.63, 3.8) is 0 Å². The van der Waals surface area contributed by atoms with Gasteiger partial charge in [0.1, 0.15) is 39.6 Å². The minimum atomic E-state index is -0.828. The van der Waals surface area contributed by atoms with E-state index >= 15 is 8.78 Å². The molecule has 3 aliphatic heterocycles. The van der Waals surface area contributed by atoms with E-state index in [9.17, 15) is 9.90 Å². The molecule has 1 amide bonds. The first-order valence-corrected chi connectivity index (χ1v) is 18.8. The zero-order valence-corrected chi connectivity index (χ0v) is 31.0. The van der Waals surface area contributed by atoms with Crippen LogP contribution in [0.3, 0.4) is 0 Å². The van der Waals surface area contributed by atoms with Gasteiger partial charge < -0.3 is 29.1 Å². The molecule has 4 atom stereocenters. The molecule has 9 rings (SSSR count). The van der Waals surface area contributed by atoms with Crippen LogP contribution in [0.1, 0.15) is 58.4 Å². The van der Waals surface area contributed by atoms with Crippen LogP contribution in [-0.4, -0.2) is 100 Å². The van der Waals surface area contributed by atoms with Gasteiger partial charge in [-0.15, -0.1) is 6.42 Å². The maximum atomic E-state index is 17.3. The maximum Gasteiger partial charge on any atom is 0.410 e. The molecule has 2 aromatic heterocycles. The molecule has 282 valence electrons. The predicted molar refractivity (Wildman–Crippen MR) is 199 cm³/mol. The molecule has 54 heavy (non-hydrogen) atoms. The van der Waals surface area contributed by atoms with Crippen molar-refractivity contribution in [1.82, 2.24) is 24.8 Å². The van der Waals surface area contributed by atoms with E-state index in [1.54, 1.807) is 0 Å². The van der Waals surface area contributed by atoms with Gasteiger partial charge in [0.05, 0.1) is 31.4 Å². The summed E-state index contributed by atoms with van der Waals surface area (Å²) >= 11 is 0. The second kappa shape index (κ2) is 12.5. The van der Waals surface area contributed by atoms with Gasteiger partial charge in [-0.05, 0) is 88.3 Å². The first kappa shape index (κ1) is 34.8. The summed E-state index contributed by atoms with van der Waals surface area (Å²) in [6.45, 7) is 9.99. The second-order valence-corrected chi connectivity index (χ2v) is 16.9. The Bertz CT molecular complexity index is 2230. The van der Waals surface area contributed by atoms with Gasteiger partial charge in [-0.1, -0.05) is 12.0 Å². The lowest BCUT2D eigenvalue weighted by atomic mass is 9.95. The molecule has 0 radical (unpaired) electrons. The first-order chi connectivity index (χ1) is 25.8. The van der Waals surface area contributed by atoms with E-state index < -0.39 is 17.2 Å². The molecule has 11 nitrogen and oxygen atoms in total. The Morgan fingerprint density at radius 2 is 1.76 bits per heavy atom. The molecule has 0 spiro atoms. The van der Waals surface area contributed by atoms with Crippen LogP contribution in [0.25, 0.3) is 32.9 Å². The largest absolute Gasteiger partial charge is 0.508 e. The summed E-state index contributed by atoms with van der Waals surface area (Å²) < 4.78 is 50.4. The lowest BCUT2D eigenvalue weighted by Crippen LogP contribution is -2.57. The molecule has 4 aromatic rings. The van der Waals surface area contributed by atoms with E-state index in [0.29, 0.717) is 30.9 Å². The zero-order valence-electron chi connectivity index (χ0n) is 31.0. The fraction of sp³-hybridized carbons (Fsp3) is 0.512. The van der Waals surface area contributed by atoms with Crippen molar-refractivity contribution in [3.8, 4) is 41.2 Å². The number of amides is 1. The van der Waals surface area contributed by atoms with Gasteiger partial charge in [0.2, 0.25) is 5.88 Å². The molecule has 3 saturated heterocycles. The van der Waals surface area contributed by atoms with E-state index in [4.69, 9.17) is 25.6 Å². The number of hydrogen-bond acceptors (Lipinski definition) is 10. The Labute approximate surface area is 312 Å². The molecule has 2 bridgehead atoms. The van der Waals surface area contributed by atoms with Crippen molar-refractivity contribution in [2.24, 2.45) is 17.3 Å². The average molecular weight is 739 g/mol. The number of halogens is 2. The lowest BCUT2D eigenvalue weighted by molar-refractivity contribution is 0.0122. The molecule has 5 heterocycles. The van der Waals surface area contributed by atoms with Crippen LogP contribution in [0.15, 0.2) is 24.3 Å². The van der Waals surface area contributed by atoms with Gasteiger partial charge in [-0.25, -0.2) is 18.6 Å². The molecule has 13 heteroatoms. The Hall–Kier alpha value is -4.96. The van der Waals surface area contributed by atoms with Gasteiger partial charge in [-0.3, -0.25) is 4.90 Å². The van der Waals surface area contributed by atoms with Gasteiger partial charge in [0, 0.05) is 49.1 Å². The van der Waals surface area contributed by atoms with Crippen molar-refractivity contribution >= 4 is 33.6 Å². The summed E-state index contributed by atoms with van der Waals surface area (Å²) in [4.78, 5) is 33.9. The van der Waals surface area contributed by atoms with Crippen LogP contribution in [0, 0.1) is 41.2 Å². The number of piperidine rings is 1. The molecule has 2 aromatic carbocycles. The summed E-state index contributed by atoms with van der Waals surface area (Å²) in [6.07, 6.45) is 10.4. The van der Waals surface area contributed by atoms with Gasteiger partial charge in [0.25, 0.3) is 0 Å². The van der Waals surface area contributed by atoms with Crippen LogP contribution in [0.4, 0.5) is 19.4 Å². The number of rotatable bonds is 8. The number of aromatic nitrogens is 3. The number of pyridine rings is 1. The molecule has 5 fully saturated rings. The standard InChI is InChI=1S/C41H44F2N6O5/c1-6-28-30(42)10-7-22-14-27(50)15-29(31(22)28)34-33(43)35-32(37(44-34)52-5)36(48-18-25-8-9-26(19-48)49(25)39(51)54-40(2,3)4)46-38(45-35)53-21-41(11-12-41)20-47-16-23-13-24(23)17-47/h1,7,10,14-15,23-26,50H,8-9,11-13,16-21H2,2-5H3. The van der Waals surface area contributed by atoms with Crippen LogP contribution < -0.4 is 14.4 Å². The van der Waals surface area contributed by atoms with E-state index in [-0.39, 0.29) is 74.3 Å². The summed E-state index contributed by atoms with van der Waals surface area (Å²) in [5, 5.41) is 11.6. The molecular formula is C41H44F2N6O5. The number of phenols is 1. The summed E-state index contributed by atoms with van der Waals surface area (Å²) in [7, 11) is 1.42. The maximum absolute atomic E-state index is 17.3. The quantitative estimate of drug-likeness (QED) is 0.201. The monoisotopic (exact) mass is 738 g/mol. The fourth-order valence-corrected chi connectivity index (χ4v) is 9.01. The average Bonchev–Trinajstić information content (AvgIpc) is 4.01. The van der Waals surface area contributed by atoms with Crippen molar-refractivity contribution in [2.75, 3.05) is 51.3 Å². The highest BCUT2D eigenvalue weighted by molar-refractivity contribution is 6.04. The highest BCUT2D eigenvalue weighted by Crippen LogP contribution is 2.51. The minimum absolute atomic E-state index is 0.0107. The molecule has 5 aliphatic rings. The van der Waals surface area contributed by atoms with E-state index in [0.717, 1.165) is 57.2 Å². The smallest absolute Gasteiger partial charge is 0.410 e. The van der Waals surface area contributed by atoms with Crippen molar-refractivity contribution < 1.29 is 32.9 Å². The number of likely N-dealkylation sites (tertiary alicyclic amines) is 1. The number of fused-ring (bicyclic) bond motifs is 5. The third kappa shape index (κ3) is 6.08. The van der Waals surface area contributed by atoms with Crippen LogP contribution >= 0.6 is 0 Å². The summed E-state index contributed by atoms with van der Waals surface area (Å²) in [5.74, 6) is 2.80. The number of ether oxygens (including phenoxy) is 3. The number of nitrogens with zero attached hydrogens (tertiary/aromatic N) is 6. The Morgan fingerprint density at radius 3 is 2.41 bits per heavy atom. The molecule has 2 saturated carbocycles. The van der Waals surface area contributed by atoms with E-state index in [2.05, 4.69) is 20.8 Å². The van der Waals surface area contributed by atoms with Crippen molar-refractivity contribution in [2.45, 2.75) is 70.6 Å². The van der Waals surface area contributed by atoms with Gasteiger partial charge >= 0.3 is 12.1 Å². The Morgan fingerprint density at radius 1 is 1.04 bits per heavy atom. The second-order valence-electron chi connectivity index (χ2n) is 16.9. The third-order valence-electron chi connectivity index (χ3n) is 11.8. The van der Waals surface area contributed by atoms with E-state index in [1.165, 1.54) is 37.8 Å². The fourth-order valence-electron chi connectivity index (χ4n) is 9.01. The van der Waals surface area contributed by atoms with Crippen molar-refractivity contribution in [3.05, 3.63) is 41.5 Å². The Kier molecular flexibility index (Phi) is 8.08. The van der Waals surface area contributed by atoms with Crippen LogP contribution in [-0.2, 0) is 4.74 Å².